The van der Waals surface area contributed by atoms with Crippen LogP contribution in [0, 0.1) is 0 Å². The number of hydrogen-bond acceptors (Lipinski definition) is 2. The maximum Gasteiger partial charge on any atom is 0.228 e. The van der Waals surface area contributed by atoms with Gasteiger partial charge in [0.05, 0.1) is 0 Å². The van der Waals surface area contributed by atoms with E-state index in [2.05, 4.69) is 10.6 Å². The Morgan fingerprint density at radius 2 is 1.82 bits per heavy atom. The molecule has 2 aromatic rings. The van der Waals surface area contributed by atoms with E-state index in [-0.39, 0.29) is 5.91 Å². The molecule has 22 heavy (non-hydrogen) atoms. The van der Waals surface area contributed by atoms with E-state index in [4.69, 9.17) is 34.8 Å². The van der Waals surface area contributed by atoms with Crippen molar-refractivity contribution < 1.29 is 4.79 Å². The number of amides is 1. The number of alkyl halides is 3. The van der Waals surface area contributed by atoms with Gasteiger partial charge in [-0.3, -0.25) is 4.79 Å². The molecule has 0 bridgehead atoms. The van der Waals surface area contributed by atoms with Gasteiger partial charge in [-0.2, -0.15) is 0 Å². The Kier molecular flexibility index (Phi) is 5.79. The van der Waals surface area contributed by atoms with Crippen molar-refractivity contribution in [1.29, 1.82) is 0 Å². The number of rotatable bonds is 5. The third-order valence-corrected chi connectivity index (χ3v) is 3.85. The van der Waals surface area contributed by atoms with Crippen LogP contribution in [-0.2, 0) is 4.79 Å². The van der Waals surface area contributed by atoms with E-state index < -0.39 is 9.96 Å². The van der Waals surface area contributed by atoms with Crippen molar-refractivity contribution in [3.63, 3.8) is 0 Å². The zero-order chi connectivity index (χ0) is 16.2. The largest absolute Gasteiger partial charge is 0.361 e. The molecule has 0 aromatic heterocycles. The van der Waals surface area contributed by atoms with Gasteiger partial charge in [-0.05, 0) is 17.9 Å². The quantitative estimate of drug-likeness (QED) is 0.591. The summed E-state index contributed by atoms with van der Waals surface area (Å²) in [7, 11) is 0. The van der Waals surface area contributed by atoms with Crippen LogP contribution in [0.5, 0.6) is 0 Å². The minimum atomic E-state index is -1.67. The van der Waals surface area contributed by atoms with Gasteiger partial charge in [0, 0.05) is 17.5 Å². The summed E-state index contributed by atoms with van der Waals surface area (Å²) in [4.78, 5) is 11.8. The zero-order valence-electron chi connectivity index (χ0n) is 12.1. The second-order valence-corrected chi connectivity index (χ2v) is 7.33. The van der Waals surface area contributed by atoms with Crippen LogP contribution in [0.2, 0.25) is 0 Å². The van der Waals surface area contributed by atoms with Crippen LogP contribution >= 0.6 is 34.8 Å². The number of halogens is 3. The van der Waals surface area contributed by atoms with E-state index in [1.54, 1.807) is 0 Å². The number of carbonyl (C=O) groups is 1. The van der Waals surface area contributed by atoms with Crippen molar-refractivity contribution in [3.05, 3.63) is 42.5 Å². The van der Waals surface area contributed by atoms with Crippen LogP contribution in [0.3, 0.4) is 0 Å². The summed E-state index contributed by atoms with van der Waals surface area (Å²) in [6.45, 7) is 1.92. The molecule has 1 amide bonds. The fourth-order valence-electron chi connectivity index (χ4n) is 2.17. The molecule has 0 spiro atoms. The first kappa shape index (κ1) is 17.2. The maximum atomic E-state index is 11.8. The van der Waals surface area contributed by atoms with Crippen LogP contribution in [-0.4, -0.2) is 15.9 Å². The van der Waals surface area contributed by atoms with Crippen molar-refractivity contribution in [1.82, 2.24) is 5.32 Å². The lowest BCUT2D eigenvalue weighted by atomic mass is 10.1. The van der Waals surface area contributed by atoms with Crippen LogP contribution in [0.1, 0.15) is 19.8 Å². The van der Waals surface area contributed by atoms with Crippen LogP contribution in [0.4, 0.5) is 5.69 Å². The molecule has 0 aliphatic rings. The zero-order valence-corrected chi connectivity index (χ0v) is 14.3. The average molecular weight is 360 g/mol. The molecule has 2 aromatic carbocycles. The van der Waals surface area contributed by atoms with Gasteiger partial charge in [0.15, 0.2) is 0 Å². The molecule has 0 saturated heterocycles. The minimum absolute atomic E-state index is 0.161. The maximum absolute atomic E-state index is 11.8. The van der Waals surface area contributed by atoms with Gasteiger partial charge in [0.1, 0.15) is 6.17 Å². The molecule has 0 radical (unpaired) electrons. The van der Waals surface area contributed by atoms with E-state index in [1.807, 2.05) is 49.4 Å². The van der Waals surface area contributed by atoms with Crippen molar-refractivity contribution >= 4 is 57.2 Å². The van der Waals surface area contributed by atoms with E-state index in [1.165, 1.54) is 0 Å². The molecule has 1 atom stereocenters. The second-order valence-electron chi connectivity index (χ2n) is 4.96. The molecule has 3 nitrogen and oxygen atoms in total. The van der Waals surface area contributed by atoms with Gasteiger partial charge in [0.2, 0.25) is 9.70 Å². The lowest BCUT2D eigenvalue weighted by molar-refractivity contribution is -0.121. The Balaban J connectivity index is 2.27. The summed E-state index contributed by atoms with van der Waals surface area (Å²) >= 11 is 18.0. The number of carbonyl (C=O) groups excluding carboxylic acids is 1. The summed E-state index contributed by atoms with van der Waals surface area (Å²) in [5.74, 6) is -0.161. The van der Waals surface area contributed by atoms with Gasteiger partial charge < -0.3 is 10.6 Å². The molecule has 1 unspecified atom stereocenters. The van der Waals surface area contributed by atoms with Gasteiger partial charge in [-0.25, -0.2) is 0 Å². The molecule has 2 rings (SSSR count). The van der Waals surface area contributed by atoms with Crippen molar-refractivity contribution in [2.24, 2.45) is 0 Å². The number of fused-ring (bicyclic) bond motifs is 1. The van der Waals surface area contributed by atoms with Crippen molar-refractivity contribution in [2.75, 3.05) is 5.32 Å². The SMILES string of the molecule is CCCC(=O)NC(Nc1cccc2ccccc12)C(Cl)(Cl)Cl. The van der Waals surface area contributed by atoms with E-state index in [0.29, 0.717) is 6.42 Å². The highest BCUT2D eigenvalue weighted by molar-refractivity contribution is 6.68. The Morgan fingerprint density at radius 3 is 2.50 bits per heavy atom. The molecule has 0 fully saturated rings. The minimum Gasteiger partial charge on any atom is -0.361 e. The van der Waals surface area contributed by atoms with Crippen LogP contribution < -0.4 is 10.6 Å². The summed E-state index contributed by atoms with van der Waals surface area (Å²) in [5, 5.41) is 7.91. The smallest absolute Gasteiger partial charge is 0.228 e. The highest BCUT2D eigenvalue weighted by Crippen LogP contribution is 2.33. The monoisotopic (exact) mass is 358 g/mol. The number of anilines is 1. The molecule has 0 saturated carbocycles. The Hall–Kier alpha value is -1.16. The van der Waals surface area contributed by atoms with E-state index in [0.717, 1.165) is 22.9 Å². The highest BCUT2D eigenvalue weighted by atomic mass is 35.6. The van der Waals surface area contributed by atoms with Crippen LogP contribution in [0.25, 0.3) is 10.8 Å². The molecular weight excluding hydrogens is 343 g/mol. The molecule has 118 valence electrons. The number of nitrogens with one attached hydrogen (secondary N) is 2. The number of hydrogen-bond donors (Lipinski definition) is 2. The third-order valence-electron chi connectivity index (χ3n) is 3.20. The van der Waals surface area contributed by atoms with Crippen molar-refractivity contribution in [3.8, 4) is 0 Å². The van der Waals surface area contributed by atoms with Gasteiger partial charge in [-0.1, -0.05) is 78.1 Å². The Bertz CT molecular complexity index is 650. The number of benzene rings is 2. The normalized spacial score (nSPS) is 12.9. The lowest BCUT2D eigenvalue weighted by Crippen LogP contribution is -2.49. The van der Waals surface area contributed by atoms with Crippen LogP contribution in [0.15, 0.2) is 42.5 Å². The molecule has 0 heterocycles. The average Bonchev–Trinajstić information content (AvgIpc) is 2.46. The third kappa shape index (κ3) is 4.42. The van der Waals surface area contributed by atoms with Gasteiger partial charge >= 0.3 is 0 Å². The first-order valence-corrected chi connectivity index (χ1v) is 8.15. The standard InChI is InChI=1S/C16H17Cl3N2O/c1-2-6-14(22)21-15(16(17,18)19)20-13-10-5-8-11-7-3-4-9-12(11)13/h3-5,7-10,15,20H,2,6H2,1H3,(H,21,22). The van der Waals surface area contributed by atoms with E-state index in [9.17, 15) is 4.79 Å². The Labute approximate surface area is 144 Å². The molecule has 0 aliphatic carbocycles. The predicted octanol–water partition coefficient (Wildman–Crippen LogP) is 4.86. The summed E-state index contributed by atoms with van der Waals surface area (Å²) in [5.41, 5.74) is 0.797. The summed E-state index contributed by atoms with van der Waals surface area (Å²) in [6.07, 6.45) is 0.295. The Morgan fingerprint density at radius 1 is 1.14 bits per heavy atom. The summed E-state index contributed by atoms with van der Waals surface area (Å²) in [6, 6.07) is 13.7. The first-order valence-electron chi connectivity index (χ1n) is 7.02. The fourth-order valence-corrected chi connectivity index (χ4v) is 2.49. The molecule has 2 N–H and O–H groups in total. The van der Waals surface area contributed by atoms with E-state index >= 15 is 0 Å². The second kappa shape index (κ2) is 7.40. The lowest BCUT2D eigenvalue weighted by Gasteiger charge is -2.28. The topological polar surface area (TPSA) is 41.1 Å². The van der Waals surface area contributed by atoms with Crippen molar-refractivity contribution in [2.45, 2.75) is 29.7 Å². The fraction of sp³-hybridized carbons (Fsp3) is 0.312. The summed E-state index contributed by atoms with van der Waals surface area (Å²) < 4.78 is -1.67. The molecular formula is C16H17Cl3N2O. The predicted molar refractivity (Wildman–Crippen MR) is 94.7 cm³/mol. The highest BCUT2D eigenvalue weighted by Gasteiger charge is 2.34. The first-order chi connectivity index (χ1) is 10.4. The molecule has 0 aliphatic heterocycles. The van der Waals surface area contributed by atoms with Gasteiger partial charge in [-0.15, -0.1) is 0 Å². The van der Waals surface area contributed by atoms with Gasteiger partial charge in [0.25, 0.3) is 0 Å². The molecule has 6 heteroatoms.